The Bertz CT molecular complexity index is 593. The second-order valence-electron chi connectivity index (χ2n) is 12.2. The van der Waals surface area contributed by atoms with E-state index in [-0.39, 0.29) is 29.6 Å². The molecule has 0 aromatic heterocycles. The van der Waals surface area contributed by atoms with Crippen LogP contribution >= 0.6 is 0 Å². The van der Waals surface area contributed by atoms with Crippen LogP contribution in [0.1, 0.15) is 111 Å². The Balaban J connectivity index is -0.000000566. The molecule has 0 bridgehead atoms. The first-order chi connectivity index (χ1) is 14.1. The number of carbonyl (C=O) groups excluding carboxylic acids is 2. The van der Waals surface area contributed by atoms with Crippen LogP contribution in [0.25, 0.3) is 0 Å². The second-order valence-corrected chi connectivity index (χ2v) is 12.2. The molecule has 0 aliphatic heterocycles. The zero-order chi connectivity index (χ0) is 26.0. The largest absolute Gasteiger partial charge is 0.460 e. The molecule has 0 rings (SSSR count). The number of allylic oxidation sites excluding steroid dienone is 1. The van der Waals surface area contributed by atoms with Gasteiger partial charge in [-0.2, -0.15) is 0 Å². The molecular weight excluding hydrogens is 402 g/mol. The van der Waals surface area contributed by atoms with Crippen LogP contribution in [-0.2, 0) is 19.1 Å². The Morgan fingerprint density at radius 3 is 1.78 bits per heavy atom. The maximum absolute atomic E-state index is 11.6. The topological polar surface area (TPSA) is 64.6 Å². The number of Topliss-reactive ketones (excluding diaryl/α,β-unsaturated/α-hetero) is 1. The molecule has 0 fully saturated rings. The molecule has 1 N–H and O–H groups in total. The van der Waals surface area contributed by atoms with E-state index in [0.717, 1.165) is 12.1 Å². The van der Waals surface area contributed by atoms with Gasteiger partial charge in [0.05, 0.1) is 18.6 Å². The normalized spacial score (nSPS) is 13.5. The van der Waals surface area contributed by atoms with Gasteiger partial charge in [-0.1, -0.05) is 61.5 Å². The predicted octanol–water partition coefficient (Wildman–Crippen LogP) is 6.95. The molecule has 5 heteroatoms. The standard InChI is InChI=1S/C16H31NO2.C11H22O2.H2/c1-9-16(7,8)12(2)13(3)17-11-10-14(18)19-15(4,5)6;1-10(2,3)9(12)7-8-13-11(4,5)6;/h12,17H,3,9-11H2,1-2,4-8H3;7-8H2,1-6H3;1H/t12-;;/m0../s1. The minimum absolute atomic E-state index is 0. The summed E-state index contributed by atoms with van der Waals surface area (Å²) >= 11 is 0. The molecule has 32 heavy (non-hydrogen) atoms. The van der Waals surface area contributed by atoms with Crippen LogP contribution in [0.2, 0.25) is 0 Å². The molecule has 5 nitrogen and oxygen atoms in total. The average molecular weight is 458 g/mol. The van der Waals surface area contributed by atoms with E-state index in [1.165, 1.54) is 0 Å². The van der Waals surface area contributed by atoms with Gasteiger partial charge in [0.1, 0.15) is 11.4 Å². The van der Waals surface area contributed by atoms with Crippen LogP contribution in [-0.4, -0.2) is 36.1 Å². The van der Waals surface area contributed by atoms with Gasteiger partial charge in [-0.05, 0) is 47.0 Å². The summed E-state index contributed by atoms with van der Waals surface area (Å²) in [5, 5.41) is 3.24. The maximum Gasteiger partial charge on any atom is 0.308 e. The molecule has 1 atom stereocenters. The summed E-state index contributed by atoms with van der Waals surface area (Å²) in [7, 11) is 0. The molecule has 0 aliphatic carbocycles. The van der Waals surface area contributed by atoms with Crippen LogP contribution in [0.15, 0.2) is 12.3 Å². The minimum Gasteiger partial charge on any atom is -0.460 e. The summed E-state index contributed by atoms with van der Waals surface area (Å²) in [4.78, 5) is 23.0. The van der Waals surface area contributed by atoms with Gasteiger partial charge in [-0.3, -0.25) is 9.59 Å². The quantitative estimate of drug-likeness (QED) is 0.360. The van der Waals surface area contributed by atoms with Gasteiger partial charge in [0, 0.05) is 31.4 Å². The third kappa shape index (κ3) is 17.2. The lowest BCUT2D eigenvalue weighted by atomic mass is 9.76. The van der Waals surface area contributed by atoms with E-state index in [2.05, 4.69) is 39.6 Å². The fourth-order valence-electron chi connectivity index (χ4n) is 2.47. The van der Waals surface area contributed by atoms with Crippen LogP contribution in [0.4, 0.5) is 0 Å². The van der Waals surface area contributed by atoms with Crippen molar-refractivity contribution in [3.8, 4) is 0 Å². The minimum atomic E-state index is -0.411. The first kappa shape index (κ1) is 32.8. The summed E-state index contributed by atoms with van der Waals surface area (Å²) in [5.74, 6) is 0.461. The fourth-order valence-corrected chi connectivity index (χ4v) is 2.47. The summed E-state index contributed by atoms with van der Waals surface area (Å²) in [5.41, 5.74) is 0.427. The van der Waals surface area contributed by atoms with E-state index >= 15 is 0 Å². The average Bonchev–Trinajstić information content (AvgIpc) is 2.57. The Hall–Kier alpha value is -1.36. The monoisotopic (exact) mass is 457 g/mol. The number of hydrogen-bond acceptors (Lipinski definition) is 5. The molecule has 0 amide bonds. The number of ketones is 1. The van der Waals surface area contributed by atoms with Crippen molar-refractivity contribution in [3.05, 3.63) is 12.3 Å². The molecule has 0 spiro atoms. The van der Waals surface area contributed by atoms with Crippen molar-refractivity contribution in [1.82, 2.24) is 5.32 Å². The second kappa shape index (κ2) is 13.4. The Labute approximate surface area is 200 Å². The molecule has 0 aromatic rings. The molecule has 0 aromatic carbocycles. The third-order valence-corrected chi connectivity index (χ3v) is 5.41. The van der Waals surface area contributed by atoms with Crippen molar-refractivity contribution in [2.24, 2.45) is 16.7 Å². The van der Waals surface area contributed by atoms with Crippen molar-refractivity contribution >= 4 is 11.8 Å². The van der Waals surface area contributed by atoms with Gasteiger partial charge >= 0.3 is 5.97 Å². The summed E-state index contributed by atoms with van der Waals surface area (Å²) < 4.78 is 10.7. The van der Waals surface area contributed by atoms with E-state index in [1.807, 2.05) is 62.3 Å². The van der Waals surface area contributed by atoms with E-state index in [9.17, 15) is 9.59 Å². The number of rotatable bonds is 10. The van der Waals surface area contributed by atoms with Gasteiger partial charge in [0.25, 0.3) is 0 Å². The van der Waals surface area contributed by atoms with E-state index < -0.39 is 5.60 Å². The molecule has 0 saturated carbocycles. The lowest BCUT2D eigenvalue weighted by Gasteiger charge is -2.32. The first-order valence-corrected chi connectivity index (χ1v) is 11.9. The number of esters is 1. The van der Waals surface area contributed by atoms with Crippen LogP contribution in [0.3, 0.4) is 0 Å². The smallest absolute Gasteiger partial charge is 0.308 e. The highest BCUT2D eigenvalue weighted by Crippen LogP contribution is 2.33. The Morgan fingerprint density at radius 1 is 0.906 bits per heavy atom. The van der Waals surface area contributed by atoms with Crippen molar-refractivity contribution in [3.63, 3.8) is 0 Å². The zero-order valence-corrected chi connectivity index (χ0v) is 23.5. The van der Waals surface area contributed by atoms with Crippen molar-refractivity contribution in [2.75, 3.05) is 13.2 Å². The number of hydrogen-bond donors (Lipinski definition) is 1. The van der Waals surface area contributed by atoms with Crippen LogP contribution in [0, 0.1) is 16.7 Å². The molecule has 0 aliphatic rings. The number of nitrogens with one attached hydrogen (secondary N) is 1. The summed E-state index contributed by atoms with van der Waals surface area (Å²) in [6, 6.07) is 0. The predicted molar refractivity (Wildman–Crippen MR) is 138 cm³/mol. The van der Waals surface area contributed by atoms with E-state index in [4.69, 9.17) is 9.47 Å². The zero-order valence-electron chi connectivity index (χ0n) is 23.5. The van der Waals surface area contributed by atoms with Gasteiger partial charge < -0.3 is 14.8 Å². The highest BCUT2D eigenvalue weighted by Gasteiger charge is 2.26. The molecular formula is C27H55NO4. The molecule has 0 heterocycles. The van der Waals surface area contributed by atoms with Gasteiger partial charge in [0.2, 0.25) is 0 Å². The van der Waals surface area contributed by atoms with Gasteiger partial charge in [0.15, 0.2) is 0 Å². The molecule has 0 radical (unpaired) electrons. The lowest BCUT2D eigenvalue weighted by molar-refractivity contribution is -0.154. The van der Waals surface area contributed by atoms with Gasteiger partial charge in [-0.15, -0.1) is 0 Å². The van der Waals surface area contributed by atoms with E-state index in [1.54, 1.807) is 0 Å². The fraction of sp³-hybridized carbons (Fsp3) is 0.852. The van der Waals surface area contributed by atoms with E-state index in [0.29, 0.717) is 31.9 Å². The Morgan fingerprint density at radius 2 is 1.41 bits per heavy atom. The summed E-state index contributed by atoms with van der Waals surface area (Å²) in [6.45, 7) is 31.4. The Kier molecular flexibility index (Phi) is 13.7. The lowest BCUT2D eigenvalue weighted by Crippen LogP contribution is -2.31. The molecule has 0 unspecified atom stereocenters. The van der Waals surface area contributed by atoms with Crippen LogP contribution < -0.4 is 5.32 Å². The van der Waals surface area contributed by atoms with Crippen molar-refractivity contribution in [2.45, 2.75) is 120 Å². The van der Waals surface area contributed by atoms with Crippen LogP contribution in [0.5, 0.6) is 0 Å². The first-order valence-electron chi connectivity index (χ1n) is 11.9. The van der Waals surface area contributed by atoms with Gasteiger partial charge in [-0.25, -0.2) is 0 Å². The highest BCUT2D eigenvalue weighted by molar-refractivity contribution is 5.83. The molecule has 192 valence electrons. The highest BCUT2D eigenvalue weighted by atomic mass is 16.6. The summed E-state index contributed by atoms with van der Waals surface area (Å²) in [6.07, 6.45) is 1.98. The molecule has 0 saturated heterocycles. The van der Waals surface area contributed by atoms with Crippen molar-refractivity contribution in [1.29, 1.82) is 0 Å². The third-order valence-electron chi connectivity index (χ3n) is 5.41. The maximum atomic E-state index is 11.6. The number of carbonyl (C=O) groups is 2. The SMILES string of the molecule is C=C(NCCC(=O)OC(C)(C)C)[C@H](C)C(C)(C)CC.CC(C)(C)OCCC(=O)C(C)(C)C.[HH]. The number of ether oxygens (including phenoxy) is 2. The van der Waals surface area contributed by atoms with Crippen molar-refractivity contribution < 1.29 is 20.5 Å².